The second-order valence-electron chi connectivity index (χ2n) is 6.01. The molecule has 0 aromatic rings. The van der Waals surface area contributed by atoms with Crippen molar-refractivity contribution < 1.29 is 14.2 Å². The Morgan fingerprint density at radius 3 is 2.85 bits per heavy atom. The third-order valence-electron chi connectivity index (χ3n) is 4.73. The highest BCUT2D eigenvalue weighted by Crippen LogP contribution is 2.38. The van der Waals surface area contributed by atoms with E-state index in [-0.39, 0.29) is 5.60 Å². The summed E-state index contributed by atoms with van der Waals surface area (Å²) in [5, 5.41) is 0. The van der Waals surface area contributed by atoms with Gasteiger partial charge in [-0.1, -0.05) is 0 Å². The Morgan fingerprint density at radius 2 is 2.15 bits per heavy atom. The zero-order chi connectivity index (χ0) is 14.3. The van der Waals surface area contributed by atoms with E-state index in [4.69, 9.17) is 20.1 Å². The van der Waals surface area contributed by atoms with Crippen molar-refractivity contribution >= 4 is 0 Å². The summed E-state index contributed by atoms with van der Waals surface area (Å²) in [5.74, 6) is 6.39. The van der Waals surface area contributed by atoms with E-state index in [1.165, 1.54) is 0 Å². The lowest BCUT2D eigenvalue weighted by Crippen LogP contribution is -2.50. The molecule has 2 fully saturated rings. The van der Waals surface area contributed by atoms with Crippen LogP contribution >= 0.6 is 0 Å². The van der Waals surface area contributed by atoms with Crippen molar-refractivity contribution in [2.75, 3.05) is 33.0 Å². The summed E-state index contributed by atoms with van der Waals surface area (Å²) in [6.07, 6.45) is 6.41. The fraction of sp³-hybridized carbons (Fsp3) is 1.00. The molecule has 2 aliphatic rings. The summed E-state index contributed by atoms with van der Waals surface area (Å²) in [6, 6.07) is 0.374. The van der Waals surface area contributed by atoms with Crippen LogP contribution < -0.4 is 11.3 Å². The van der Waals surface area contributed by atoms with Crippen LogP contribution in [0.1, 0.15) is 45.4 Å². The largest absolute Gasteiger partial charge is 0.382 e. The lowest BCUT2D eigenvalue weighted by Gasteiger charge is -2.45. The SMILES string of the molecule is CCOCCCC(NN)C1CCOC2(CCOCC2)C1. The maximum atomic E-state index is 6.10. The first kappa shape index (κ1) is 16.2. The molecule has 2 atom stereocenters. The second kappa shape index (κ2) is 8.29. The first-order valence-electron chi connectivity index (χ1n) is 8.05. The zero-order valence-corrected chi connectivity index (χ0v) is 12.7. The third kappa shape index (κ3) is 4.40. The highest BCUT2D eigenvalue weighted by molar-refractivity contribution is 4.92. The number of hydrogen-bond acceptors (Lipinski definition) is 5. The lowest BCUT2D eigenvalue weighted by molar-refractivity contribution is -0.150. The minimum Gasteiger partial charge on any atom is -0.382 e. The zero-order valence-electron chi connectivity index (χ0n) is 12.7. The summed E-state index contributed by atoms with van der Waals surface area (Å²) >= 11 is 0. The van der Waals surface area contributed by atoms with Gasteiger partial charge in [0.15, 0.2) is 0 Å². The number of nitrogens with one attached hydrogen (secondary N) is 1. The number of nitrogens with two attached hydrogens (primary N) is 1. The number of hydrazine groups is 1. The molecule has 2 unspecified atom stereocenters. The van der Waals surface area contributed by atoms with Gasteiger partial charge in [0.2, 0.25) is 0 Å². The van der Waals surface area contributed by atoms with Gasteiger partial charge >= 0.3 is 0 Å². The molecule has 0 radical (unpaired) electrons. The molecular formula is C15H30N2O3. The normalized spacial score (nSPS) is 27.6. The average Bonchev–Trinajstić information content (AvgIpc) is 2.48. The molecule has 0 aromatic carbocycles. The van der Waals surface area contributed by atoms with Crippen LogP contribution in [0.25, 0.3) is 0 Å². The van der Waals surface area contributed by atoms with Crippen LogP contribution in [0.2, 0.25) is 0 Å². The molecule has 0 amide bonds. The average molecular weight is 286 g/mol. The van der Waals surface area contributed by atoms with Crippen LogP contribution in [0.5, 0.6) is 0 Å². The van der Waals surface area contributed by atoms with E-state index in [0.717, 1.165) is 71.6 Å². The smallest absolute Gasteiger partial charge is 0.0729 e. The Hall–Kier alpha value is -0.200. The Kier molecular flexibility index (Phi) is 6.71. The van der Waals surface area contributed by atoms with E-state index >= 15 is 0 Å². The van der Waals surface area contributed by atoms with Crippen molar-refractivity contribution in [3.8, 4) is 0 Å². The van der Waals surface area contributed by atoms with E-state index in [9.17, 15) is 0 Å². The number of rotatable bonds is 7. The van der Waals surface area contributed by atoms with E-state index in [1.807, 2.05) is 6.92 Å². The van der Waals surface area contributed by atoms with Gasteiger partial charge in [-0.3, -0.25) is 11.3 Å². The fourth-order valence-electron chi connectivity index (χ4n) is 3.51. The number of ether oxygens (including phenoxy) is 3. The van der Waals surface area contributed by atoms with Crippen molar-refractivity contribution in [1.82, 2.24) is 5.43 Å². The minimum atomic E-state index is 0.0518. The molecule has 0 aliphatic carbocycles. The monoisotopic (exact) mass is 286 g/mol. The fourth-order valence-corrected chi connectivity index (χ4v) is 3.51. The maximum absolute atomic E-state index is 6.10. The molecule has 2 saturated heterocycles. The van der Waals surface area contributed by atoms with Gasteiger partial charge in [0, 0.05) is 39.1 Å². The lowest BCUT2D eigenvalue weighted by atomic mass is 9.77. The Bertz CT molecular complexity index is 264. The van der Waals surface area contributed by atoms with Crippen molar-refractivity contribution in [3.05, 3.63) is 0 Å². The molecule has 0 saturated carbocycles. The Morgan fingerprint density at radius 1 is 1.35 bits per heavy atom. The molecule has 3 N–H and O–H groups in total. The molecule has 0 bridgehead atoms. The topological polar surface area (TPSA) is 65.7 Å². The summed E-state index contributed by atoms with van der Waals surface area (Å²) < 4.78 is 17.0. The summed E-state index contributed by atoms with van der Waals surface area (Å²) in [7, 11) is 0. The molecule has 2 rings (SSSR count). The highest BCUT2D eigenvalue weighted by atomic mass is 16.5. The highest BCUT2D eigenvalue weighted by Gasteiger charge is 2.40. The van der Waals surface area contributed by atoms with Crippen molar-refractivity contribution in [1.29, 1.82) is 0 Å². The quantitative estimate of drug-likeness (QED) is 0.423. The third-order valence-corrected chi connectivity index (χ3v) is 4.73. The van der Waals surface area contributed by atoms with E-state index in [2.05, 4.69) is 5.43 Å². The molecular weight excluding hydrogens is 256 g/mol. The Labute approximate surface area is 122 Å². The van der Waals surface area contributed by atoms with Gasteiger partial charge in [0.1, 0.15) is 0 Å². The molecule has 1 spiro atoms. The van der Waals surface area contributed by atoms with E-state index in [0.29, 0.717) is 12.0 Å². The summed E-state index contributed by atoms with van der Waals surface area (Å²) in [5.41, 5.74) is 3.08. The van der Waals surface area contributed by atoms with Crippen molar-refractivity contribution in [3.63, 3.8) is 0 Å². The van der Waals surface area contributed by atoms with Gasteiger partial charge in [-0.25, -0.2) is 0 Å². The van der Waals surface area contributed by atoms with Crippen LogP contribution in [0, 0.1) is 5.92 Å². The molecule has 5 heteroatoms. The van der Waals surface area contributed by atoms with Gasteiger partial charge in [-0.05, 0) is 51.4 Å². The van der Waals surface area contributed by atoms with Crippen LogP contribution in [-0.4, -0.2) is 44.7 Å². The van der Waals surface area contributed by atoms with Crippen molar-refractivity contribution in [2.45, 2.75) is 57.1 Å². The first-order valence-corrected chi connectivity index (χ1v) is 8.05. The van der Waals surface area contributed by atoms with Gasteiger partial charge in [-0.15, -0.1) is 0 Å². The molecule has 2 aliphatic heterocycles. The van der Waals surface area contributed by atoms with Crippen LogP contribution in [0.3, 0.4) is 0 Å². The van der Waals surface area contributed by atoms with Crippen LogP contribution in [0.15, 0.2) is 0 Å². The van der Waals surface area contributed by atoms with Gasteiger partial charge in [-0.2, -0.15) is 0 Å². The minimum absolute atomic E-state index is 0.0518. The van der Waals surface area contributed by atoms with Gasteiger partial charge in [0.25, 0.3) is 0 Å². The molecule has 20 heavy (non-hydrogen) atoms. The van der Waals surface area contributed by atoms with E-state index < -0.39 is 0 Å². The summed E-state index contributed by atoms with van der Waals surface area (Å²) in [4.78, 5) is 0. The molecule has 2 heterocycles. The Balaban J connectivity index is 1.82. The predicted molar refractivity (Wildman–Crippen MR) is 78.3 cm³/mol. The number of hydrogen-bond donors (Lipinski definition) is 2. The molecule has 0 aromatic heterocycles. The van der Waals surface area contributed by atoms with Gasteiger partial charge < -0.3 is 14.2 Å². The van der Waals surface area contributed by atoms with Gasteiger partial charge in [0.05, 0.1) is 5.60 Å². The summed E-state index contributed by atoms with van der Waals surface area (Å²) in [6.45, 7) is 6.17. The predicted octanol–water partition coefficient (Wildman–Crippen LogP) is 1.61. The second-order valence-corrected chi connectivity index (χ2v) is 6.01. The molecule has 118 valence electrons. The van der Waals surface area contributed by atoms with Crippen molar-refractivity contribution in [2.24, 2.45) is 11.8 Å². The first-order chi connectivity index (χ1) is 9.79. The molecule has 5 nitrogen and oxygen atoms in total. The maximum Gasteiger partial charge on any atom is 0.0729 e. The van der Waals surface area contributed by atoms with Crippen LogP contribution in [-0.2, 0) is 14.2 Å². The standard InChI is InChI=1S/C15H30N2O3/c1-2-18-8-3-4-14(17-16)13-5-9-20-15(12-13)6-10-19-11-7-15/h13-14,17H,2-12,16H2,1H3. The van der Waals surface area contributed by atoms with E-state index in [1.54, 1.807) is 0 Å². The van der Waals surface area contributed by atoms with Crippen LogP contribution in [0.4, 0.5) is 0 Å².